The van der Waals surface area contributed by atoms with E-state index in [0.717, 1.165) is 0 Å². The zero-order chi connectivity index (χ0) is 17.1. The summed E-state index contributed by atoms with van der Waals surface area (Å²) in [5.41, 5.74) is 0.533. The Balaban J connectivity index is 2.13. The quantitative estimate of drug-likeness (QED) is 0.833. The maximum Gasteiger partial charge on any atom is 0.246 e. The zero-order valence-corrected chi connectivity index (χ0v) is 14.2. The summed E-state index contributed by atoms with van der Waals surface area (Å²) in [6.07, 6.45) is 2.61. The minimum atomic E-state index is -3.66. The van der Waals surface area contributed by atoms with E-state index in [1.54, 1.807) is 30.3 Å². The molecule has 1 atom stereocenters. The molecular weight excluding hydrogens is 316 g/mol. The average molecular weight is 338 g/mol. The number of ether oxygens (including phenoxy) is 1. The number of benzene rings is 1. The zero-order valence-electron chi connectivity index (χ0n) is 13.4. The van der Waals surface area contributed by atoms with Gasteiger partial charge < -0.3 is 10.1 Å². The van der Waals surface area contributed by atoms with E-state index in [0.29, 0.717) is 37.4 Å². The Morgan fingerprint density at radius 3 is 2.70 bits per heavy atom. The van der Waals surface area contributed by atoms with E-state index in [2.05, 4.69) is 11.9 Å². The number of hydrogen-bond acceptors (Lipinski definition) is 4. The van der Waals surface area contributed by atoms with E-state index in [1.807, 2.05) is 0 Å². The van der Waals surface area contributed by atoms with Crippen LogP contribution in [0.1, 0.15) is 19.8 Å². The van der Waals surface area contributed by atoms with Gasteiger partial charge in [-0.05, 0) is 44.0 Å². The molecule has 0 saturated carbocycles. The third-order valence-corrected chi connectivity index (χ3v) is 6.60. The number of amides is 1. The van der Waals surface area contributed by atoms with E-state index in [9.17, 15) is 13.2 Å². The van der Waals surface area contributed by atoms with Crippen molar-refractivity contribution in [2.45, 2.75) is 24.5 Å². The van der Waals surface area contributed by atoms with Crippen LogP contribution < -0.4 is 10.1 Å². The van der Waals surface area contributed by atoms with Crippen LogP contribution in [0.5, 0.6) is 5.75 Å². The first-order chi connectivity index (χ1) is 10.8. The third-order valence-electron chi connectivity index (χ3n) is 4.07. The monoisotopic (exact) mass is 338 g/mol. The van der Waals surface area contributed by atoms with Crippen molar-refractivity contribution in [3.63, 3.8) is 0 Å². The first-order valence-corrected chi connectivity index (χ1v) is 8.86. The average Bonchev–Trinajstić information content (AvgIpc) is 2.52. The second-order valence-corrected chi connectivity index (χ2v) is 8.21. The Morgan fingerprint density at radius 1 is 1.43 bits per heavy atom. The molecule has 0 aromatic heterocycles. The summed E-state index contributed by atoms with van der Waals surface area (Å²) in [7, 11) is -2.15. The van der Waals surface area contributed by atoms with Crippen LogP contribution in [0.15, 0.2) is 36.9 Å². The molecule has 23 heavy (non-hydrogen) atoms. The minimum absolute atomic E-state index is 0.312. The van der Waals surface area contributed by atoms with E-state index in [-0.39, 0.29) is 0 Å². The van der Waals surface area contributed by atoms with E-state index >= 15 is 0 Å². The van der Waals surface area contributed by atoms with Gasteiger partial charge in [-0.1, -0.05) is 12.7 Å². The van der Waals surface area contributed by atoms with Crippen LogP contribution in [-0.2, 0) is 14.8 Å². The van der Waals surface area contributed by atoms with E-state index in [1.165, 1.54) is 18.3 Å². The fourth-order valence-corrected chi connectivity index (χ4v) is 4.26. The van der Waals surface area contributed by atoms with Gasteiger partial charge in [0.15, 0.2) is 4.75 Å². The van der Waals surface area contributed by atoms with Crippen molar-refractivity contribution < 1.29 is 17.9 Å². The molecule has 1 saturated heterocycles. The van der Waals surface area contributed by atoms with Gasteiger partial charge in [0.25, 0.3) is 0 Å². The molecule has 126 valence electrons. The summed E-state index contributed by atoms with van der Waals surface area (Å²) >= 11 is 0. The lowest BCUT2D eigenvalue weighted by Gasteiger charge is -2.36. The second kappa shape index (κ2) is 6.72. The van der Waals surface area contributed by atoms with Crippen LogP contribution in [0.4, 0.5) is 5.69 Å². The minimum Gasteiger partial charge on any atom is -0.490 e. The molecule has 0 bridgehead atoms. The van der Waals surface area contributed by atoms with Crippen LogP contribution in [0.2, 0.25) is 0 Å². The highest BCUT2D eigenvalue weighted by Gasteiger charge is 2.50. The molecule has 0 aliphatic carbocycles. The molecule has 1 fully saturated rings. The maximum absolute atomic E-state index is 12.5. The van der Waals surface area contributed by atoms with Gasteiger partial charge in [0.05, 0.1) is 0 Å². The molecular formula is C16H22N2O4S. The van der Waals surface area contributed by atoms with Crippen molar-refractivity contribution in [1.82, 2.24) is 4.31 Å². The van der Waals surface area contributed by atoms with Gasteiger partial charge in [0.2, 0.25) is 15.9 Å². The lowest BCUT2D eigenvalue weighted by molar-refractivity contribution is -0.118. The molecule has 0 radical (unpaired) electrons. The number of carbonyl (C=O) groups excluding carboxylic acids is 1. The normalized spacial score (nSPS) is 23.9. The smallest absolute Gasteiger partial charge is 0.246 e. The van der Waals surface area contributed by atoms with Crippen LogP contribution in [-0.4, -0.2) is 43.6 Å². The van der Waals surface area contributed by atoms with E-state index in [4.69, 9.17) is 4.74 Å². The number of rotatable bonds is 5. The second-order valence-electron chi connectivity index (χ2n) is 5.74. The first kappa shape index (κ1) is 17.5. The van der Waals surface area contributed by atoms with Crippen LogP contribution in [0.3, 0.4) is 0 Å². The fraction of sp³-hybridized carbons (Fsp3) is 0.438. The number of anilines is 1. The molecule has 1 unspecified atom stereocenters. The molecule has 1 aliphatic rings. The summed E-state index contributed by atoms with van der Waals surface area (Å²) in [5, 5.41) is 2.69. The lowest BCUT2D eigenvalue weighted by Crippen LogP contribution is -2.56. The summed E-state index contributed by atoms with van der Waals surface area (Å²) in [4.78, 5) is 12.5. The van der Waals surface area contributed by atoms with Crippen molar-refractivity contribution in [2.24, 2.45) is 0 Å². The summed E-state index contributed by atoms with van der Waals surface area (Å²) < 4.78 is 30.1. The predicted molar refractivity (Wildman–Crippen MR) is 90.0 cm³/mol. The predicted octanol–water partition coefficient (Wildman–Crippen LogP) is 2.00. The van der Waals surface area contributed by atoms with Gasteiger partial charge in [-0.25, -0.2) is 12.7 Å². The van der Waals surface area contributed by atoms with Crippen molar-refractivity contribution in [1.29, 1.82) is 0 Å². The highest BCUT2D eigenvalue weighted by molar-refractivity contribution is 7.91. The summed E-state index contributed by atoms with van der Waals surface area (Å²) in [6.45, 7) is 5.89. The Labute approximate surface area is 137 Å². The molecule has 7 heteroatoms. The molecule has 1 aliphatic heterocycles. The number of nitrogens with zero attached hydrogens (tertiary/aromatic N) is 1. The van der Waals surface area contributed by atoms with Gasteiger partial charge >= 0.3 is 0 Å². The Hall–Kier alpha value is -1.86. The number of nitrogens with one attached hydrogen (secondary N) is 1. The van der Waals surface area contributed by atoms with E-state index < -0.39 is 20.7 Å². The van der Waals surface area contributed by atoms with Gasteiger partial charge in [-0.2, -0.15) is 0 Å². The van der Waals surface area contributed by atoms with Gasteiger partial charge in [0.1, 0.15) is 12.4 Å². The van der Waals surface area contributed by atoms with Gasteiger partial charge in [-0.3, -0.25) is 4.79 Å². The lowest BCUT2D eigenvalue weighted by atomic mass is 10.0. The van der Waals surface area contributed by atoms with Crippen LogP contribution >= 0.6 is 0 Å². The molecule has 1 N–H and O–H groups in total. The fourth-order valence-electron chi connectivity index (χ4n) is 2.52. The molecule has 1 heterocycles. The molecule has 1 aromatic carbocycles. The van der Waals surface area contributed by atoms with Crippen molar-refractivity contribution in [2.75, 3.05) is 25.5 Å². The Bertz CT molecular complexity index is 685. The molecule has 6 nitrogen and oxygen atoms in total. The molecule has 0 spiro atoms. The van der Waals surface area contributed by atoms with Crippen LogP contribution in [0.25, 0.3) is 0 Å². The molecule has 2 rings (SSSR count). The summed E-state index contributed by atoms with van der Waals surface area (Å²) in [6, 6.07) is 6.78. The van der Waals surface area contributed by atoms with Crippen molar-refractivity contribution in [3.05, 3.63) is 36.9 Å². The third kappa shape index (κ3) is 3.40. The number of sulfonamides is 1. The van der Waals surface area contributed by atoms with Gasteiger partial charge in [-0.15, -0.1) is 0 Å². The van der Waals surface area contributed by atoms with Crippen LogP contribution in [0, 0.1) is 0 Å². The van der Waals surface area contributed by atoms with Gasteiger partial charge in [0, 0.05) is 19.3 Å². The first-order valence-electron chi connectivity index (χ1n) is 7.42. The SMILES string of the molecule is C=CCOc1ccc(NC(=O)C2(C)CCCN(C)S2(=O)=O)cc1. The number of carbonyl (C=O) groups is 1. The Morgan fingerprint density at radius 2 is 2.09 bits per heavy atom. The topological polar surface area (TPSA) is 75.7 Å². The standard InChI is InChI=1S/C16H22N2O4S/c1-4-12-22-14-8-6-13(7-9-14)17-15(19)16(2)10-5-11-18(3)23(16,20)21/h4,6-9H,1,5,10-12H2,2-3H3,(H,17,19). The highest BCUT2D eigenvalue weighted by atomic mass is 32.2. The maximum atomic E-state index is 12.5. The highest BCUT2D eigenvalue weighted by Crippen LogP contribution is 2.32. The van der Waals surface area contributed by atoms with Crippen molar-refractivity contribution in [3.8, 4) is 5.75 Å². The summed E-state index contributed by atoms with van der Waals surface area (Å²) in [5.74, 6) is 0.142. The number of hydrogen-bond donors (Lipinski definition) is 1. The molecule has 1 amide bonds. The largest absolute Gasteiger partial charge is 0.490 e. The van der Waals surface area contributed by atoms with Crippen molar-refractivity contribution >= 4 is 21.6 Å². The Kier molecular flexibility index (Phi) is 5.11. The molecule has 1 aromatic rings.